The largest absolute Gasteiger partial charge is 0.392 e. The van der Waals surface area contributed by atoms with Crippen LogP contribution in [0, 0.1) is 0 Å². The first kappa shape index (κ1) is 9.68. The molecule has 0 unspecified atom stereocenters. The van der Waals surface area contributed by atoms with Crippen molar-refractivity contribution in [2.24, 2.45) is 5.73 Å². The Bertz CT molecular complexity index is 520. The number of aliphatic hydroxyl groups is 1. The molecule has 0 saturated heterocycles. The molecule has 3 heteroatoms. The first-order chi connectivity index (χ1) is 7.24. The molecule has 15 heavy (non-hydrogen) atoms. The molecule has 0 aliphatic rings. The van der Waals surface area contributed by atoms with Crippen LogP contribution in [0.3, 0.4) is 0 Å². The minimum Gasteiger partial charge on any atom is -0.392 e. The predicted molar refractivity (Wildman–Crippen MR) is 58.4 cm³/mol. The Morgan fingerprint density at radius 3 is 2.60 bits per heavy atom. The van der Waals surface area contributed by atoms with Crippen molar-refractivity contribution in [1.29, 1.82) is 0 Å². The third-order valence-electron chi connectivity index (χ3n) is 2.43. The Kier molecular flexibility index (Phi) is 2.39. The van der Waals surface area contributed by atoms with E-state index in [1.54, 1.807) is 6.07 Å². The highest BCUT2D eigenvalue weighted by molar-refractivity contribution is 6.07. The molecule has 0 aromatic heterocycles. The standard InChI is InChI=1S/C12H11NO2/c13-12(15)11-9(7-14)6-5-8-3-1-2-4-10(8)11/h1-6,14H,7H2,(H2,13,15). The Balaban J connectivity index is 2.85. The summed E-state index contributed by atoms with van der Waals surface area (Å²) in [6.45, 7) is -0.177. The summed E-state index contributed by atoms with van der Waals surface area (Å²) in [6.07, 6.45) is 0. The maximum atomic E-state index is 11.3. The van der Waals surface area contributed by atoms with E-state index in [0.717, 1.165) is 10.8 Å². The van der Waals surface area contributed by atoms with E-state index in [1.807, 2.05) is 30.3 Å². The van der Waals surface area contributed by atoms with Crippen LogP contribution in [-0.4, -0.2) is 11.0 Å². The monoisotopic (exact) mass is 201 g/mol. The van der Waals surface area contributed by atoms with Gasteiger partial charge in [-0.25, -0.2) is 0 Å². The van der Waals surface area contributed by atoms with Gasteiger partial charge < -0.3 is 10.8 Å². The van der Waals surface area contributed by atoms with Crippen molar-refractivity contribution in [3.63, 3.8) is 0 Å². The second-order valence-corrected chi connectivity index (χ2v) is 3.34. The molecular weight excluding hydrogens is 190 g/mol. The van der Waals surface area contributed by atoms with E-state index in [1.165, 1.54) is 0 Å². The van der Waals surface area contributed by atoms with Gasteiger partial charge in [0.15, 0.2) is 0 Å². The van der Waals surface area contributed by atoms with Crippen LogP contribution in [0.5, 0.6) is 0 Å². The van der Waals surface area contributed by atoms with Crippen LogP contribution in [-0.2, 0) is 6.61 Å². The number of primary amides is 1. The molecule has 0 heterocycles. The molecule has 0 spiro atoms. The highest BCUT2D eigenvalue weighted by Gasteiger charge is 2.11. The van der Waals surface area contributed by atoms with E-state index in [9.17, 15) is 4.79 Å². The molecule has 2 aromatic rings. The zero-order valence-corrected chi connectivity index (χ0v) is 8.10. The second kappa shape index (κ2) is 3.71. The maximum Gasteiger partial charge on any atom is 0.249 e. The number of fused-ring (bicyclic) bond motifs is 1. The fraction of sp³-hybridized carbons (Fsp3) is 0.0833. The first-order valence-electron chi connectivity index (χ1n) is 4.65. The van der Waals surface area contributed by atoms with Crippen molar-refractivity contribution >= 4 is 16.7 Å². The molecule has 0 atom stereocenters. The molecule has 2 rings (SSSR count). The first-order valence-corrected chi connectivity index (χ1v) is 4.65. The number of rotatable bonds is 2. The highest BCUT2D eigenvalue weighted by Crippen LogP contribution is 2.22. The van der Waals surface area contributed by atoms with Gasteiger partial charge in [-0.2, -0.15) is 0 Å². The van der Waals surface area contributed by atoms with Gasteiger partial charge in [0.05, 0.1) is 12.2 Å². The summed E-state index contributed by atoms with van der Waals surface area (Å²) >= 11 is 0. The second-order valence-electron chi connectivity index (χ2n) is 3.34. The van der Waals surface area contributed by atoms with E-state index < -0.39 is 5.91 Å². The summed E-state index contributed by atoms with van der Waals surface area (Å²) in [5.41, 5.74) is 6.29. The van der Waals surface area contributed by atoms with Crippen LogP contribution < -0.4 is 5.73 Å². The van der Waals surface area contributed by atoms with Crippen molar-refractivity contribution < 1.29 is 9.90 Å². The van der Waals surface area contributed by atoms with Crippen LogP contribution in [0.25, 0.3) is 10.8 Å². The SMILES string of the molecule is NC(=O)c1c(CO)ccc2ccccc12. The van der Waals surface area contributed by atoms with Crippen molar-refractivity contribution in [3.05, 3.63) is 47.5 Å². The molecule has 3 N–H and O–H groups in total. The summed E-state index contributed by atoms with van der Waals surface area (Å²) in [7, 11) is 0. The highest BCUT2D eigenvalue weighted by atomic mass is 16.3. The molecule has 0 saturated carbocycles. The van der Waals surface area contributed by atoms with E-state index >= 15 is 0 Å². The quantitative estimate of drug-likeness (QED) is 0.772. The van der Waals surface area contributed by atoms with Crippen LogP contribution >= 0.6 is 0 Å². The topological polar surface area (TPSA) is 63.3 Å². The van der Waals surface area contributed by atoms with Gasteiger partial charge in [0, 0.05) is 0 Å². The number of aliphatic hydroxyl groups excluding tert-OH is 1. The molecule has 0 aliphatic heterocycles. The average molecular weight is 201 g/mol. The fourth-order valence-electron chi connectivity index (χ4n) is 1.74. The summed E-state index contributed by atoms with van der Waals surface area (Å²) in [6, 6.07) is 11.1. The number of nitrogens with two attached hydrogens (primary N) is 1. The lowest BCUT2D eigenvalue weighted by atomic mass is 9.99. The summed E-state index contributed by atoms with van der Waals surface area (Å²) in [5.74, 6) is -0.504. The Morgan fingerprint density at radius 2 is 1.93 bits per heavy atom. The van der Waals surface area contributed by atoms with Gasteiger partial charge in [-0.05, 0) is 16.3 Å². The lowest BCUT2D eigenvalue weighted by Gasteiger charge is -2.07. The van der Waals surface area contributed by atoms with E-state index in [4.69, 9.17) is 10.8 Å². The van der Waals surface area contributed by atoms with Gasteiger partial charge in [-0.3, -0.25) is 4.79 Å². The normalized spacial score (nSPS) is 10.5. The van der Waals surface area contributed by atoms with Crippen LogP contribution in [0.4, 0.5) is 0 Å². The number of benzene rings is 2. The van der Waals surface area contributed by atoms with Crippen molar-refractivity contribution in [2.75, 3.05) is 0 Å². The molecular formula is C12H11NO2. The van der Waals surface area contributed by atoms with Gasteiger partial charge in [0.1, 0.15) is 0 Å². The average Bonchev–Trinajstić information content (AvgIpc) is 2.27. The number of carbonyl (C=O) groups is 1. The lowest BCUT2D eigenvalue weighted by molar-refractivity contribution is 0.0999. The number of amides is 1. The van der Waals surface area contributed by atoms with Gasteiger partial charge >= 0.3 is 0 Å². The Hall–Kier alpha value is -1.87. The Morgan fingerprint density at radius 1 is 1.20 bits per heavy atom. The molecule has 0 fully saturated rings. The predicted octanol–water partition coefficient (Wildman–Crippen LogP) is 1.43. The molecule has 3 nitrogen and oxygen atoms in total. The minimum atomic E-state index is -0.504. The zero-order valence-electron chi connectivity index (χ0n) is 8.10. The van der Waals surface area contributed by atoms with Gasteiger partial charge in [-0.1, -0.05) is 36.4 Å². The zero-order chi connectivity index (χ0) is 10.8. The van der Waals surface area contributed by atoms with E-state index in [0.29, 0.717) is 11.1 Å². The number of carbonyl (C=O) groups excluding carboxylic acids is 1. The van der Waals surface area contributed by atoms with Crippen LogP contribution in [0.2, 0.25) is 0 Å². The van der Waals surface area contributed by atoms with Crippen molar-refractivity contribution in [2.45, 2.75) is 6.61 Å². The van der Waals surface area contributed by atoms with E-state index in [2.05, 4.69) is 0 Å². The summed E-state index contributed by atoms with van der Waals surface area (Å²) in [5, 5.41) is 10.9. The maximum absolute atomic E-state index is 11.3. The summed E-state index contributed by atoms with van der Waals surface area (Å²) in [4.78, 5) is 11.3. The van der Waals surface area contributed by atoms with Gasteiger partial charge in [0.25, 0.3) is 0 Å². The molecule has 76 valence electrons. The molecule has 1 amide bonds. The molecule has 0 aliphatic carbocycles. The third kappa shape index (κ3) is 1.57. The van der Waals surface area contributed by atoms with Crippen molar-refractivity contribution in [1.82, 2.24) is 0 Å². The van der Waals surface area contributed by atoms with Gasteiger partial charge in [-0.15, -0.1) is 0 Å². The van der Waals surface area contributed by atoms with Crippen LogP contribution in [0.1, 0.15) is 15.9 Å². The fourth-order valence-corrected chi connectivity index (χ4v) is 1.74. The minimum absolute atomic E-state index is 0.177. The lowest BCUT2D eigenvalue weighted by Crippen LogP contribution is -2.14. The summed E-state index contributed by atoms with van der Waals surface area (Å²) < 4.78 is 0. The molecule has 0 radical (unpaired) electrons. The smallest absolute Gasteiger partial charge is 0.249 e. The van der Waals surface area contributed by atoms with Crippen LogP contribution in [0.15, 0.2) is 36.4 Å². The van der Waals surface area contributed by atoms with E-state index in [-0.39, 0.29) is 6.61 Å². The number of hydrogen-bond donors (Lipinski definition) is 2. The van der Waals surface area contributed by atoms with Crippen molar-refractivity contribution in [3.8, 4) is 0 Å². The Labute approximate surface area is 87.1 Å². The number of hydrogen-bond acceptors (Lipinski definition) is 2. The molecule has 2 aromatic carbocycles. The molecule has 0 bridgehead atoms. The van der Waals surface area contributed by atoms with Gasteiger partial charge in [0.2, 0.25) is 5.91 Å². The third-order valence-corrected chi connectivity index (χ3v) is 2.43.